The van der Waals surface area contributed by atoms with Gasteiger partial charge in [0, 0.05) is 13.1 Å². The fourth-order valence-corrected chi connectivity index (χ4v) is 2.73. The van der Waals surface area contributed by atoms with E-state index >= 15 is 0 Å². The molecule has 0 aromatic rings. The van der Waals surface area contributed by atoms with E-state index in [1.54, 1.807) is 6.92 Å². The first-order valence-electron chi connectivity index (χ1n) is 8.00. The quantitative estimate of drug-likeness (QED) is 0.615. The summed E-state index contributed by atoms with van der Waals surface area (Å²) in [5, 5.41) is 7.78. The number of imide groups is 1. The van der Waals surface area contributed by atoms with E-state index in [1.807, 2.05) is 0 Å². The largest absolute Gasteiger partial charge is 0.341 e. The lowest BCUT2D eigenvalue weighted by Crippen LogP contribution is -2.47. The second-order valence-electron chi connectivity index (χ2n) is 5.87. The van der Waals surface area contributed by atoms with Gasteiger partial charge in [-0.25, -0.2) is 4.79 Å². The lowest BCUT2D eigenvalue weighted by atomic mass is 9.94. The third-order valence-electron chi connectivity index (χ3n) is 4.19. The summed E-state index contributed by atoms with van der Waals surface area (Å²) in [6.45, 7) is 3.59. The minimum absolute atomic E-state index is 0.296. The van der Waals surface area contributed by atoms with Gasteiger partial charge in [0.1, 0.15) is 0 Å². The Labute approximate surface area is 128 Å². The van der Waals surface area contributed by atoms with Crippen LogP contribution >= 0.6 is 0 Å². The van der Waals surface area contributed by atoms with Crippen molar-refractivity contribution in [1.82, 2.24) is 20.9 Å². The molecule has 0 aromatic carbocycles. The van der Waals surface area contributed by atoms with Gasteiger partial charge in [-0.15, -0.1) is 0 Å². The molecule has 6 heteroatoms. The summed E-state index contributed by atoms with van der Waals surface area (Å²) in [5.74, 6) is -0.296. The molecule has 1 rings (SSSR count). The van der Waals surface area contributed by atoms with Crippen molar-refractivity contribution in [2.24, 2.45) is 0 Å². The SMILES string of the molecule is CNC(=O)NC(=O)C(C)NCCCN(C)C1CCCCC1. The molecular weight excluding hydrogens is 268 g/mol. The Bertz CT molecular complexity index is 330. The van der Waals surface area contributed by atoms with Gasteiger partial charge >= 0.3 is 6.03 Å². The summed E-state index contributed by atoms with van der Waals surface area (Å²) in [6.07, 6.45) is 7.71. The molecule has 1 atom stereocenters. The Morgan fingerprint density at radius 3 is 2.52 bits per heavy atom. The van der Waals surface area contributed by atoms with Crippen molar-refractivity contribution in [3.63, 3.8) is 0 Å². The van der Waals surface area contributed by atoms with Crippen LogP contribution in [-0.2, 0) is 4.79 Å². The molecule has 3 amide bonds. The molecule has 1 aliphatic carbocycles. The third kappa shape index (κ3) is 6.91. The minimum Gasteiger partial charge on any atom is -0.341 e. The molecule has 0 aromatic heterocycles. The van der Waals surface area contributed by atoms with Crippen molar-refractivity contribution in [2.75, 3.05) is 27.2 Å². The lowest BCUT2D eigenvalue weighted by Gasteiger charge is -2.31. The van der Waals surface area contributed by atoms with Gasteiger partial charge in [0.05, 0.1) is 6.04 Å². The van der Waals surface area contributed by atoms with E-state index in [1.165, 1.54) is 39.2 Å². The van der Waals surface area contributed by atoms with E-state index in [0.717, 1.165) is 25.6 Å². The Morgan fingerprint density at radius 1 is 1.24 bits per heavy atom. The molecule has 0 aliphatic heterocycles. The van der Waals surface area contributed by atoms with Crippen molar-refractivity contribution in [3.05, 3.63) is 0 Å². The molecule has 0 bridgehead atoms. The molecule has 0 spiro atoms. The maximum Gasteiger partial charge on any atom is 0.321 e. The number of hydrogen-bond donors (Lipinski definition) is 3. The Hall–Kier alpha value is -1.14. The van der Waals surface area contributed by atoms with Crippen LogP contribution in [0.4, 0.5) is 4.79 Å². The first kappa shape index (κ1) is 17.9. The molecule has 21 heavy (non-hydrogen) atoms. The third-order valence-corrected chi connectivity index (χ3v) is 4.19. The lowest BCUT2D eigenvalue weighted by molar-refractivity contribution is -0.121. The number of hydrogen-bond acceptors (Lipinski definition) is 4. The smallest absolute Gasteiger partial charge is 0.321 e. The number of nitrogens with zero attached hydrogens (tertiary/aromatic N) is 1. The molecule has 3 N–H and O–H groups in total. The van der Waals surface area contributed by atoms with Crippen LogP contribution in [0, 0.1) is 0 Å². The maximum absolute atomic E-state index is 11.6. The fraction of sp³-hybridized carbons (Fsp3) is 0.867. The average Bonchev–Trinajstić information content (AvgIpc) is 2.51. The van der Waals surface area contributed by atoms with Crippen LogP contribution in [0.15, 0.2) is 0 Å². The van der Waals surface area contributed by atoms with Gasteiger partial charge in [-0.1, -0.05) is 19.3 Å². The van der Waals surface area contributed by atoms with Gasteiger partial charge < -0.3 is 15.5 Å². The van der Waals surface area contributed by atoms with Gasteiger partial charge in [-0.2, -0.15) is 0 Å². The Kier molecular flexibility index (Phi) is 8.30. The molecule has 0 saturated heterocycles. The number of nitrogens with one attached hydrogen (secondary N) is 3. The van der Waals surface area contributed by atoms with Crippen molar-refractivity contribution in [2.45, 2.75) is 57.5 Å². The van der Waals surface area contributed by atoms with E-state index < -0.39 is 6.03 Å². The summed E-state index contributed by atoms with van der Waals surface area (Å²) in [6, 6.07) is -0.0966. The number of carbonyl (C=O) groups excluding carboxylic acids is 2. The predicted molar refractivity (Wildman–Crippen MR) is 84.2 cm³/mol. The molecule has 0 radical (unpaired) electrons. The number of rotatable bonds is 7. The first-order chi connectivity index (χ1) is 10.0. The van der Waals surface area contributed by atoms with E-state index in [-0.39, 0.29) is 11.9 Å². The normalized spacial score (nSPS) is 17.5. The van der Waals surface area contributed by atoms with E-state index in [2.05, 4.69) is 27.9 Å². The van der Waals surface area contributed by atoms with E-state index in [0.29, 0.717) is 0 Å². The average molecular weight is 298 g/mol. The second kappa shape index (κ2) is 9.73. The second-order valence-corrected chi connectivity index (χ2v) is 5.87. The minimum atomic E-state index is -0.467. The van der Waals surface area contributed by atoms with Gasteiger partial charge in [0.15, 0.2) is 0 Å². The van der Waals surface area contributed by atoms with Crippen molar-refractivity contribution in [1.29, 1.82) is 0 Å². The molecule has 0 heterocycles. The summed E-state index contributed by atoms with van der Waals surface area (Å²) in [5.41, 5.74) is 0. The van der Waals surface area contributed by atoms with Gasteiger partial charge in [0.25, 0.3) is 0 Å². The van der Waals surface area contributed by atoms with Crippen LogP contribution in [0.25, 0.3) is 0 Å². The highest BCUT2D eigenvalue weighted by atomic mass is 16.2. The van der Waals surface area contributed by atoms with Gasteiger partial charge in [-0.05, 0) is 46.3 Å². The highest BCUT2D eigenvalue weighted by Gasteiger charge is 2.18. The zero-order chi connectivity index (χ0) is 15.7. The van der Waals surface area contributed by atoms with Crippen molar-refractivity contribution < 1.29 is 9.59 Å². The topological polar surface area (TPSA) is 73.5 Å². The number of carbonyl (C=O) groups is 2. The monoisotopic (exact) mass is 298 g/mol. The maximum atomic E-state index is 11.6. The van der Waals surface area contributed by atoms with Crippen molar-refractivity contribution in [3.8, 4) is 0 Å². The molecule has 1 unspecified atom stereocenters. The van der Waals surface area contributed by atoms with Crippen LogP contribution in [-0.4, -0.2) is 56.1 Å². The molecule has 1 aliphatic rings. The summed E-state index contributed by atoms with van der Waals surface area (Å²) < 4.78 is 0. The standard InChI is InChI=1S/C15H30N4O2/c1-12(14(20)18-15(21)16-2)17-10-7-11-19(3)13-8-5-4-6-9-13/h12-13,17H,4-11H2,1-3H3,(H2,16,18,20,21). The van der Waals surface area contributed by atoms with Crippen molar-refractivity contribution >= 4 is 11.9 Å². The van der Waals surface area contributed by atoms with Crippen LogP contribution < -0.4 is 16.0 Å². The van der Waals surface area contributed by atoms with Crippen LogP contribution in [0.5, 0.6) is 0 Å². The highest BCUT2D eigenvalue weighted by Crippen LogP contribution is 2.21. The Morgan fingerprint density at radius 2 is 1.90 bits per heavy atom. The van der Waals surface area contributed by atoms with Crippen LogP contribution in [0.3, 0.4) is 0 Å². The Balaban J connectivity index is 2.12. The summed E-state index contributed by atoms with van der Waals surface area (Å²) >= 11 is 0. The summed E-state index contributed by atoms with van der Waals surface area (Å²) in [7, 11) is 3.68. The van der Waals surface area contributed by atoms with Gasteiger partial charge in [-0.3, -0.25) is 10.1 Å². The molecule has 1 saturated carbocycles. The zero-order valence-electron chi connectivity index (χ0n) is 13.6. The summed E-state index contributed by atoms with van der Waals surface area (Å²) in [4.78, 5) is 25.1. The van der Waals surface area contributed by atoms with E-state index in [4.69, 9.17) is 0 Å². The number of urea groups is 1. The zero-order valence-corrected chi connectivity index (χ0v) is 13.6. The molecule has 1 fully saturated rings. The number of amides is 3. The highest BCUT2D eigenvalue weighted by molar-refractivity contribution is 5.96. The molecular formula is C15H30N4O2. The van der Waals surface area contributed by atoms with Crippen LogP contribution in [0.2, 0.25) is 0 Å². The molecule has 122 valence electrons. The van der Waals surface area contributed by atoms with E-state index in [9.17, 15) is 9.59 Å². The first-order valence-corrected chi connectivity index (χ1v) is 8.00. The van der Waals surface area contributed by atoms with Gasteiger partial charge in [0.2, 0.25) is 5.91 Å². The van der Waals surface area contributed by atoms with Crippen LogP contribution in [0.1, 0.15) is 45.4 Å². The molecule has 6 nitrogen and oxygen atoms in total. The fourth-order valence-electron chi connectivity index (χ4n) is 2.73. The predicted octanol–water partition coefficient (Wildman–Crippen LogP) is 1.07.